The Bertz CT molecular complexity index is 1180. The molecule has 3 aromatic heterocycles. The number of nitrogens with zero attached hydrogens (tertiary/aromatic N) is 3. The Morgan fingerprint density at radius 2 is 1.91 bits per heavy atom. The first-order chi connectivity index (χ1) is 16.4. The Labute approximate surface area is 197 Å². The number of halogens is 2. The van der Waals surface area contributed by atoms with Crippen molar-refractivity contribution < 1.29 is 17.9 Å². The Balaban J connectivity index is 1.51. The summed E-state index contributed by atoms with van der Waals surface area (Å²) in [7, 11) is 0. The van der Waals surface area contributed by atoms with Gasteiger partial charge in [-0.25, -0.2) is 18.7 Å². The summed E-state index contributed by atoms with van der Waals surface area (Å²) < 4.78 is 38.3. The first-order valence-electron chi connectivity index (χ1n) is 12.1. The van der Waals surface area contributed by atoms with Gasteiger partial charge in [0.2, 0.25) is 18.3 Å². The third-order valence-corrected chi connectivity index (χ3v) is 6.69. The maximum Gasteiger partial charge on any atom is 0.241 e. The number of aromatic nitrogens is 3. The number of hydrogen-bond acceptors (Lipinski definition) is 7. The molecule has 2 unspecified atom stereocenters. The van der Waals surface area contributed by atoms with Crippen LogP contribution in [-0.2, 0) is 0 Å². The summed E-state index contributed by atoms with van der Waals surface area (Å²) >= 11 is 0. The van der Waals surface area contributed by atoms with Crippen molar-refractivity contribution in [2.45, 2.75) is 65.3 Å². The minimum absolute atomic E-state index is 0.0688. The molecular weight excluding hydrogens is 440 g/mol. The molecule has 0 spiro atoms. The number of anilines is 2. The van der Waals surface area contributed by atoms with Gasteiger partial charge in [0.25, 0.3) is 0 Å². The van der Waals surface area contributed by atoms with E-state index in [-0.39, 0.29) is 6.04 Å². The van der Waals surface area contributed by atoms with Crippen LogP contribution in [-0.4, -0.2) is 40.6 Å². The van der Waals surface area contributed by atoms with Gasteiger partial charge in [0.1, 0.15) is 11.6 Å². The van der Waals surface area contributed by atoms with Gasteiger partial charge in [0.15, 0.2) is 5.58 Å². The summed E-state index contributed by atoms with van der Waals surface area (Å²) in [4.78, 5) is 13.9. The zero-order valence-electron chi connectivity index (χ0n) is 19.8. The summed E-state index contributed by atoms with van der Waals surface area (Å²) in [5.74, 6) is 2.42. The molecule has 9 heteroatoms. The van der Waals surface area contributed by atoms with Crippen LogP contribution in [0.15, 0.2) is 16.5 Å². The monoisotopic (exact) mass is 471 g/mol. The number of aryl methyl sites for hydroxylation is 2. The fourth-order valence-electron chi connectivity index (χ4n) is 4.70. The van der Waals surface area contributed by atoms with Crippen molar-refractivity contribution in [3.8, 4) is 17.2 Å². The first kappa shape index (κ1) is 22.8. The van der Waals surface area contributed by atoms with Crippen LogP contribution in [0, 0.1) is 25.7 Å². The van der Waals surface area contributed by atoms with Gasteiger partial charge in [-0.1, -0.05) is 0 Å². The fourth-order valence-corrected chi connectivity index (χ4v) is 4.70. The smallest absolute Gasteiger partial charge is 0.241 e. The number of pyridine rings is 1. The lowest BCUT2D eigenvalue weighted by Gasteiger charge is -2.18. The van der Waals surface area contributed by atoms with Crippen LogP contribution in [0.2, 0.25) is 0 Å². The average Bonchev–Trinajstić information content (AvgIpc) is 3.32. The van der Waals surface area contributed by atoms with Crippen molar-refractivity contribution in [3.05, 3.63) is 23.5 Å². The van der Waals surface area contributed by atoms with Crippen LogP contribution in [0.3, 0.4) is 0 Å². The van der Waals surface area contributed by atoms with Crippen LogP contribution in [0.25, 0.3) is 22.3 Å². The SMILES string of the molecule is CCOc1cc2cc(-c3c(C)nc(NCC4CC4)nc3NC3CCC(C(F)F)C3)oc2c(C)n1. The van der Waals surface area contributed by atoms with Gasteiger partial charge in [-0.15, -0.1) is 0 Å². The highest BCUT2D eigenvalue weighted by atomic mass is 19.3. The van der Waals surface area contributed by atoms with Crippen molar-refractivity contribution in [1.29, 1.82) is 0 Å². The van der Waals surface area contributed by atoms with E-state index in [9.17, 15) is 8.78 Å². The molecule has 2 aliphatic carbocycles. The minimum Gasteiger partial charge on any atom is -0.478 e. The fraction of sp³-hybridized carbons (Fsp3) is 0.560. The summed E-state index contributed by atoms with van der Waals surface area (Å²) in [5.41, 5.74) is 2.91. The van der Waals surface area contributed by atoms with Crippen molar-refractivity contribution in [2.75, 3.05) is 23.8 Å². The number of fused-ring (bicyclic) bond motifs is 1. The molecule has 0 radical (unpaired) electrons. The van der Waals surface area contributed by atoms with E-state index in [1.807, 2.05) is 32.9 Å². The second-order valence-corrected chi connectivity index (χ2v) is 9.44. The summed E-state index contributed by atoms with van der Waals surface area (Å²) in [6, 6.07) is 3.73. The molecule has 3 heterocycles. The van der Waals surface area contributed by atoms with E-state index in [0.29, 0.717) is 60.8 Å². The van der Waals surface area contributed by atoms with E-state index >= 15 is 0 Å². The molecule has 0 saturated heterocycles. The van der Waals surface area contributed by atoms with E-state index in [1.165, 1.54) is 12.8 Å². The number of furan rings is 1. The van der Waals surface area contributed by atoms with E-state index in [0.717, 1.165) is 28.9 Å². The van der Waals surface area contributed by atoms with E-state index < -0.39 is 12.3 Å². The molecule has 2 saturated carbocycles. The van der Waals surface area contributed by atoms with Crippen molar-refractivity contribution in [3.63, 3.8) is 0 Å². The predicted molar refractivity (Wildman–Crippen MR) is 128 cm³/mol. The van der Waals surface area contributed by atoms with Gasteiger partial charge in [0, 0.05) is 30.0 Å². The number of ether oxygens (including phenoxy) is 1. The topological polar surface area (TPSA) is 85.1 Å². The normalized spacial score (nSPS) is 20.3. The largest absolute Gasteiger partial charge is 0.478 e. The molecule has 2 aliphatic rings. The highest BCUT2D eigenvalue weighted by Crippen LogP contribution is 2.39. The van der Waals surface area contributed by atoms with E-state index in [2.05, 4.69) is 20.6 Å². The lowest BCUT2D eigenvalue weighted by atomic mass is 10.1. The maximum atomic E-state index is 13.3. The van der Waals surface area contributed by atoms with Gasteiger partial charge in [-0.05, 0) is 64.9 Å². The Kier molecular flexibility index (Phi) is 6.27. The predicted octanol–water partition coefficient (Wildman–Crippen LogP) is 5.97. The second kappa shape index (κ2) is 9.35. The van der Waals surface area contributed by atoms with Crippen LogP contribution in [0.5, 0.6) is 5.88 Å². The molecule has 2 atom stereocenters. The Morgan fingerprint density at radius 1 is 1.09 bits per heavy atom. The summed E-state index contributed by atoms with van der Waals surface area (Å²) in [5, 5.41) is 7.66. The number of rotatable bonds is 9. The van der Waals surface area contributed by atoms with Gasteiger partial charge in [-0.2, -0.15) is 4.98 Å². The highest BCUT2D eigenvalue weighted by molar-refractivity contribution is 5.88. The lowest BCUT2D eigenvalue weighted by molar-refractivity contribution is 0.0803. The van der Waals surface area contributed by atoms with Gasteiger partial charge in [0.05, 0.1) is 23.6 Å². The molecule has 0 aliphatic heterocycles. The molecule has 2 fully saturated rings. The van der Waals surface area contributed by atoms with Crippen molar-refractivity contribution in [2.24, 2.45) is 11.8 Å². The Hall–Kier alpha value is -2.97. The quantitative estimate of drug-likeness (QED) is 0.398. The molecule has 5 rings (SSSR count). The maximum absolute atomic E-state index is 13.3. The van der Waals surface area contributed by atoms with Crippen LogP contribution < -0.4 is 15.4 Å². The zero-order chi connectivity index (χ0) is 23.8. The van der Waals surface area contributed by atoms with Crippen molar-refractivity contribution in [1.82, 2.24) is 15.0 Å². The molecule has 0 bridgehead atoms. The zero-order valence-corrected chi connectivity index (χ0v) is 19.8. The molecule has 0 amide bonds. The number of nitrogens with one attached hydrogen (secondary N) is 2. The van der Waals surface area contributed by atoms with Crippen LogP contribution >= 0.6 is 0 Å². The average molecular weight is 472 g/mol. The van der Waals surface area contributed by atoms with Crippen LogP contribution in [0.4, 0.5) is 20.5 Å². The standard InChI is InChI=1S/C25H31F2N5O2/c1-4-33-20-11-17-10-19(34-22(17)14(3)29-20)21-13(2)30-25(28-12-15-5-6-15)32-24(21)31-18-8-7-16(9-18)23(26)27/h10-11,15-16,18,23H,4-9,12H2,1-3H3,(H2,28,30,31,32). The van der Waals surface area contributed by atoms with E-state index in [4.69, 9.17) is 14.1 Å². The molecular formula is C25H31F2N5O2. The Morgan fingerprint density at radius 3 is 2.62 bits per heavy atom. The molecule has 2 N–H and O–H groups in total. The van der Waals surface area contributed by atoms with Crippen molar-refractivity contribution >= 4 is 22.7 Å². The first-order valence-corrected chi connectivity index (χ1v) is 12.1. The van der Waals surface area contributed by atoms with E-state index in [1.54, 1.807) is 0 Å². The molecule has 3 aromatic rings. The lowest BCUT2D eigenvalue weighted by Crippen LogP contribution is -2.20. The molecule has 182 valence electrons. The highest BCUT2D eigenvalue weighted by Gasteiger charge is 2.32. The third-order valence-electron chi connectivity index (χ3n) is 6.69. The number of alkyl halides is 2. The van der Waals surface area contributed by atoms with Crippen LogP contribution in [0.1, 0.15) is 50.4 Å². The summed E-state index contributed by atoms with van der Waals surface area (Å²) in [6.07, 6.45) is 1.77. The molecule has 34 heavy (non-hydrogen) atoms. The van der Waals surface area contributed by atoms with Gasteiger partial charge >= 0.3 is 0 Å². The summed E-state index contributed by atoms with van der Waals surface area (Å²) in [6.45, 7) is 7.09. The third kappa shape index (κ3) is 4.79. The van der Waals surface area contributed by atoms with Gasteiger partial charge in [-0.3, -0.25) is 0 Å². The van der Waals surface area contributed by atoms with Gasteiger partial charge < -0.3 is 19.8 Å². The molecule has 7 nitrogen and oxygen atoms in total. The molecule has 0 aromatic carbocycles. The number of hydrogen-bond donors (Lipinski definition) is 2. The minimum atomic E-state index is -2.29. The second-order valence-electron chi connectivity index (χ2n) is 9.44.